The Morgan fingerprint density at radius 1 is 1.12 bits per heavy atom. The van der Waals surface area contributed by atoms with E-state index in [0.717, 1.165) is 31.6 Å². The first-order chi connectivity index (χ1) is 8.43. The third-order valence-corrected chi connectivity index (χ3v) is 3.18. The molecule has 1 aromatic heterocycles. The van der Waals surface area contributed by atoms with Crippen molar-refractivity contribution in [3.8, 4) is 0 Å². The lowest BCUT2D eigenvalue weighted by atomic mass is 10.00. The molecule has 3 heteroatoms. The molecule has 1 aromatic carbocycles. The fourth-order valence-corrected chi connectivity index (χ4v) is 2.29. The number of rotatable bonds is 2. The second kappa shape index (κ2) is 4.63. The quantitative estimate of drug-likeness (QED) is 0.845. The first kappa shape index (κ1) is 10.4. The molecule has 0 fully saturated rings. The SMILES string of the molecule is c1ccc(Cc2ncnc3c2CCNC3)cc1. The van der Waals surface area contributed by atoms with Gasteiger partial charge in [-0.15, -0.1) is 0 Å². The van der Waals surface area contributed by atoms with Gasteiger partial charge in [0.05, 0.1) is 11.4 Å². The Bertz CT molecular complexity index is 508. The normalized spacial score (nSPS) is 14.4. The molecule has 2 heterocycles. The second-order valence-corrected chi connectivity index (χ2v) is 4.33. The number of benzene rings is 1. The number of aromatic nitrogens is 2. The lowest BCUT2D eigenvalue weighted by molar-refractivity contribution is 0.616. The number of hydrogen-bond acceptors (Lipinski definition) is 3. The Morgan fingerprint density at radius 2 is 2.00 bits per heavy atom. The van der Waals surface area contributed by atoms with Crippen LogP contribution >= 0.6 is 0 Å². The van der Waals surface area contributed by atoms with Crippen molar-refractivity contribution in [1.29, 1.82) is 0 Å². The molecule has 0 aliphatic carbocycles. The van der Waals surface area contributed by atoms with E-state index in [-0.39, 0.29) is 0 Å². The van der Waals surface area contributed by atoms with Crippen LogP contribution < -0.4 is 5.32 Å². The Morgan fingerprint density at radius 3 is 2.88 bits per heavy atom. The summed E-state index contributed by atoms with van der Waals surface area (Å²) >= 11 is 0. The lowest BCUT2D eigenvalue weighted by Crippen LogP contribution is -2.26. The minimum absolute atomic E-state index is 0.875. The van der Waals surface area contributed by atoms with Gasteiger partial charge in [-0.2, -0.15) is 0 Å². The number of nitrogens with one attached hydrogen (secondary N) is 1. The van der Waals surface area contributed by atoms with Crippen LogP contribution in [0.5, 0.6) is 0 Å². The summed E-state index contributed by atoms with van der Waals surface area (Å²) in [5, 5.41) is 3.34. The van der Waals surface area contributed by atoms with E-state index in [9.17, 15) is 0 Å². The van der Waals surface area contributed by atoms with Gasteiger partial charge in [0.15, 0.2) is 0 Å². The smallest absolute Gasteiger partial charge is 0.116 e. The van der Waals surface area contributed by atoms with Gasteiger partial charge in [-0.25, -0.2) is 9.97 Å². The van der Waals surface area contributed by atoms with Crippen molar-refractivity contribution in [2.75, 3.05) is 6.54 Å². The fourth-order valence-electron chi connectivity index (χ4n) is 2.29. The summed E-state index contributed by atoms with van der Waals surface area (Å²) in [4.78, 5) is 8.80. The molecule has 2 aromatic rings. The van der Waals surface area contributed by atoms with E-state index in [4.69, 9.17) is 0 Å². The first-order valence-electron chi connectivity index (χ1n) is 6.00. The summed E-state index contributed by atoms with van der Waals surface area (Å²) in [6.07, 6.45) is 3.63. The molecular weight excluding hydrogens is 210 g/mol. The van der Waals surface area contributed by atoms with Crippen molar-refractivity contribution in [3.05, 3.63) is 59.2 Å². The topological polar surface area (TPSA) is 37.8 Å². The van der Waals surface area contributed by atoms with Gasteiger partial charge in [-0.3, -0.25) is 0 Å². The van der Waals surface area contributed by atoms with Crippen molar-refractivity contribution < 1.29 is 0 Å². The van der Waals surface area contributed by atoms with Crippen LogP contribution in [0.25, 0.3) is 0 Å². The number of hydrogen-bond donors (Lipinski definition) is 1. The average molecular weight is 225 g/mol. The van der Waals surface area contributed by atoms with Crippen molar-refractivity contribution >= 4 is 0 Å². The van der Waals surface area contributed by atoms with E-state index in [0.29, 0.717) is 0 Å². The van der Waals surface area contributed by atoms with E-state index < -0.39 is 0 Å². The van der Waals surface area contributed by atoms with E-state index >= 15 is 0 Å². The molecule has 1 aliphatic rings. The highest BCUT2D eigenvalue weighted by Crippen LogP contribution is 2.17. The zero-order chi connectivity index (χ0) is 11.5. The molecule has 0 saturated heterocycles. The number of fused-ring (bicyclic) bond motifs is 1. The predicted molar refractivity (Wildman–Crippen MR) is 66.7 cm³/mol. The molecule has 0 bridgehead atoms. The van der Waals surface area contributed by atoms with Crippen molar-refractivity contribution in [1.82, 2.24) is 15.3 Å². The Kier molecular flexibility index (Phi) is 2.84. The van der Waals surface area contributed by atoms with Crippen molar-refractivity contribution in [2.45, 2.75) is 19.4 Å². The zero-order valence-electron chi connectivity index (χ0n) is 9.69. The molecule has 86 valence electrons. The molecule has 1 N–H and O–H groups in total. The fraction of sp³-hybridized carbons (Fsp3) is 0.286. The average Bonchev–Trinajstić information content (AvgIpc) is 2.40. The summed E-state index contributed by atoms with van der Waals surface area (Å²) in [7, 11) is 0. The molecule has 0 radical (unpaired) electrons. The molecule has 0 atom stereocenters. The van der Waals surface area contributed by atoms with E-state index in [2.05, 4.69) is 39.6 Å². The predicted octanol–water partition coefficient (Wildman–Crippen LogP) is 1.71. The maximum absolute atomic E-state index is 4.45. The van der Waals surface area contributed by atoms with Crippen LogP contribution in [-0.2, 0) is 19.4 Å². The van der Waals surface area contributed by atoms with Gasteiger partial charge < -0.3 is 5.32 Å². The molecule has 3 nitrogen and oxygen atoms in total. The van der Waals surface area contributed by atoms with Crippen molar-refractivity contribution in [2.24, 2.45) is 0 Å². The monoisotopic (exact) mass is 225 g/mol. The van der Waals surface area contributed by atoms with E-state index in [1.54, 1.807) is 6.33 Å². The second-order valence-electron chi connectivity index (χ2n) is 4.33. The van der Waals surface area contributed by atoms with Gasteiger partial charge in [0, 0.05) is 13.0 Å². The highest BCUT2D eigenvalue weighted by molar-refractivity contribution is 5.31. The van der Waals surface area contributed by atoms with Crippen LogP contribution in [0.15, 0.2) is 36.7 Å². The van der Waals surface area contributed by atoms with Crippen LogP contribution in [0.1, 0.15) is 22.5 Å². The molecule has 0 spiro atoms. The van der Waals surface area contributed by atoms with Crippen LogP contribution in [0.2, 0.25) is 0 Å². The minimum Gasteiger partial charge on any atom is -0.311 e. The Balaban J connectivity index is 1.93. The van der Waals surface area contributed by atoms with Gasteiger partial charge in [0.1, 0.15) is 6.33 Å². The summed E-state index contributed by atoms with van der Waals surface area (Å²) in [6, 6.07) is 10.5. The van der Waals surface area contributed by atoms with Gasteiger partial charge in [0.2, 0.25) is 0 Å². The van der Waals surface area contributed by atoms with Crippen LogP contribution in [0, 0.1) is 0 Å². The van der Waals surface area contributed by atoms with Crippen LogP contribution in [-0.4, -0.2) is 16.5 Å². The largest absolute Gasteiger partial charge is 0.311 e. The zero-order valence-corrected chi connectivity index (χ0v) is 9.69. The third-order valence-electron chi connectivity index (χ3n) is 3.18. The maximum atomic E-state index is 4.45. The molecule has 1 aliphatic heterocycles. The van der Waals surface area contributed by atoms with Gasteiger partial charge >= 0.3 is 0 Å². The maximum Gasteiger partial charge on any atom is 0.116 e. The Labute approximate surface area is 101 Å². The van der Waals surface area contributed by atoms with Crippen molar-refractivity contribution in [3.63, 3.8) is 0 Å². The Hall–Kier alpha value is -1.74. The van der Waals surface area contributed by atoms with E-state index in [1.165, 1.54) is 16.8 Å². The molecule has 0 unspecified atom stereocenters. The summed E-state index contributed by atoms with van der Waals surface area (Å²) < 4.78 is 0. The molecule has 0 saturated carbocycles. The highest BCUT2D eigenvalue weighted by atomic mass is 14.9. The standard InChI is InChI=1S/C14H15N3/c1-2-4-11(5-3-1)8-13-12-6-7-15-9-14(12)17-10-16-13/h1-5,10,15H,6-9H2. The molecule has 3 rings (SSSR count). The van der Waals surface area contributed by atoms with Crippen LogP contribution in [0.3, 0.4) is 0 Å². The molecule has 0 amide bonds. The molecule has 17 heavy (non-hydrogen) atoms. The minimum atomic E-state index is 0.875. The molecular formula is C14H15N3. The summed E-state index contributed by atoms with van der Waals surface area (Å²) in [5.74, 6) is 0. The highest BCUT2D eigenvalue weighted by Gasteiger charge is 2.14. The van der Waals surface area contributed by atoms with Crippen LogP contribution in [0.4, 0.5) is 0 Å². The van der Waals surface area contributed by atoms with Gasteiger partial charge in [-0.1, -0.05) is 30.3 Å². The number of nitrogens with zero attached hydrogens (tertiary/aromatic N) is 2. The van der Waals surface area contributed by atoms with E-state index in [1.807, 2.05) is 6.07 Å². The van der Waals surface area contributed by atoms with Gasteiger partial charge in [0.25, 0.3) is 0 Å². The third kappa shape index (κ3) is 2.19. The lowest BCUT2D eigenvalue weighted by Gasteiger charge is -2.18. The van der Waals surface area contributed by atoms with Gasteiger partial charge in [-0.05, 0) is 24.1 Å². The first-order valence-corrected chi connectivity index (χ1v) is 6.00. The summed E-state index contributed by atoms with van der Waals surface area (Å²) in [6.45, 7) is 1.90. The summed E-state index contributed by atoms with van der Waals surface area (Å²) in [5.41, 5.74) is 5.00.